The summed E-state index contributed by atoms with van der Waals surface area (Å²) in [7, 11) is -2.58. The van der Waals surface area contributed by atoms with Crippen molar-refractivity contribution in [2.45, 2.75) is 0 Å². The maximum atomic E-state index is 2.60. The molecule has 0 radical (unpaired) electrons. The fourth-order valence-corrected chi connectivity index (χ4v) is 16.6. The van der Waals surface area contributed by atoms with E-state index in [4.69, 9.17) is 0 Å². The Balaban J connectivity index is 1.13. The van der Waals surface area contributed by atoms with Crippen molar-refractivity contribution in [3.05, 3.63) is 194 Å². The summed E-state index contributed by atoms with van der Waals surface area (Å²) in [5.74, 6) is 0. The summed E-state index contributed by atoms with van der Waals surface area (Å²) < 4.78 is 0. The molecule has 11 aromatic rings. The summed E-state index contributed by atoms with van der Waals surface area (Å²) in [6, 6.07) is 74.0. The van der Waals surface area contributed by atoms with Crippen LogP contribution in [0, 0.1) is 0 Å². The van der Waals surface area contributed by atoms with E-state index in [2.05, 4.69) is 194 Å². The van der Waals surface area contributed by atoms with Gasteiger partial charge in [-0.15, -0.1) is 0 Å². The lowest BCUT2D eigenvalue weighted by Crippen LogP contribution is -2.70. The number of benzene rings is 11. The van der Waals surface area contributed by atoms with Crippen LogP contribution in [0.1, 0.15) is 0 Å². The molecule has 0 saturated carbocycles. The Morgan fingerprint density at radius 3 is 1.27 bits per heavy atom. The first-order valence-corrected chi connectivity index (χ1v) is 21.4. The van der Waals surface area contributed by atoms with Crippen LogP contribution in [0.3, 0.4) is 0 Å². The maximum absolute atomic E-state index is 2.60. The predicted molar refractivity (Wildman–Crippen MR) is 238 cm³/mol. The third kappa shape index (κ3) is 3.66. The Morgan fingerprint density at radius 1 is 0.255 bits per heavy atom. The molecule has 2 heterocycles. The van der Waals surface area contributed by atoms with Gasteiger partial charge in [-0.3, -0.25) is 0 Å². The molecule has 0 nitrogen and oxygen atoms in total. The molecule has 0 fully saturated rings. The van der Waals surface area contributed by atoms with Crippen molar-refractivity contribution in [2.75, 3.05) is 0 Å². The fraction of sp³-hybridized carbons (Fsp3) is 0. The molecular formula is C54H32Si. The molecule has 2 aliphatic heterocycles. The van der Waals surface area contributed by atoms with Gasteiger partial charge in [0, 0.05) is 0 Å². The van der Waals surface area contributed by atoms with Crippen LogP contribution in [0.25, 0.3) is 98.4 Å². The zero-order valence-electron chi connectivity index (χ0n) is 30.0. The van der Waals surface area contributed by atoms with Gasteiger partial charge in [-0.05, 0) is 119 Å². The Morgan fingerprint density at radius 2 is 0.691 bits per heavy atom. The van der Waals surface area contributed by atoms with Crippen LogP contribution in [0.15, 0.2) is 194 Å². The molecule has 0 bridgehead atoms. The van der Waals surface area contributed by atoms with E-state index in [0.29, 0.717) is 0 Å². The van der Waals surface area contributed by atoms with E-state index in [1.807, 2.05) is 0 Å². The third-order valence-electron chi connectivity index (χ3n) is 13.0. The van der Waals surface area contributed by atoms with Crippen molar-refractivity contribution in [3.8, 4) is 44.5 Å². The molecule has 2 aliphatic rings. The van der Waals surface area contributed by atoms with Crippen LogP contribution in [-0.4, -0.2) is 8.07 Å². The minimum absolute atomic E-state index is 1.29. The summed E-state index contributed by atoms with van der Waals surface area (Å²) in [4.78, 5) is 0. The van der Waals surface area contributed by atoms with Gasteiger partial charge in [0.05, 0.1) is 0 Å². The molecule has 252 valence electrons. The zero-order chi connectivity index (χ0) is 35.8. The Hall–Kier alpha value is -6.80. The van der Waals surface area contributed by atoms with Crippen LogP contribution >= 0.6 is 0 Å². The molecule has 0 atom stereocenters. The minimum atomic E-state index is -2.58. The van der Waals surface area contributed by atoms with Crippen molar-refractivity contribution in [2.24, 2.45) is 0 Å². The molecule has 0 unspecified atom stereocenters. The first-order chi connectivity index (χ1) is 27.3. The highest BCUT2D eigenvalue weighted by Gasteiger charge is 2.53. The maximum Gasteiger partial charge on any atom is 0.182 e. The van der Waals surface area contributed by atoms with E-state index >= 15 is 0 Å². The van der Waals surface area contributed by atoms with Gasteiger partial charge in [0.15, 0.2) is 8.07 Å². The molecule has 0 amide bonds. The van der Waals surface area contributed by atoms with Crippen molar-refractivity contribution >= 4 is 82.7 Å². The van der Waals surface area contributed by atoms with Gasteiger partial charge in [-0.2, -0.15) is 0 Å². The van der Waals surface area contributed by atoms with Gasteiger partial charge < -0.3 is 0 Å². The van der Waals surface area contributed by atoms with Crippen LogP contribution in [0.5, 0.6) is 0 Å². The van der Waals surface area contributed by atoms with Gasteiger partial charge in [-0.25, -0.2) is 0 Å². The first kappa shape index (κ1) is 29.6. The second kappa shape index (κ2) is 10.7. The van der Waals surface area contributed by atoms with Gasteiger partial charge in [0.2, 0.25) is 0 Å². The van der Waals surface area contributed by atoms with Crippen LogP contribution < -0.4 is 20.7 Å². The Kier molecular flexibility index (Phi) is 5.74. The monoisotopic (exact) mass is 708 g/mol. The highest BCUT2D eigenvalue weighted by molar-refractivity contribution is 7.24. The number of hydrogen-bond donors (Lipinski definition) is 0. The summed E-state index contributed by atoms with van der Waals surface area (Å²) >= 11 is 0. The summed E-state index contributed by atoms with van der Waals surface area (Å²) in [5, 5.41) is 19.1. The molecule has 0 aromatic heterocycles. The van der Waals surface area contributed by atoms with Gasteiger partial charge in [-0.1, -0.05) is 194 Å². The number of rotatable bonds is 2. The summed E-state index contributed by atoms with van der Waals surface area (Å²) in [5.41, 5.74) is 10.8. The smallest absolute Gasteiger partial charge is 0.0623 e. The van der Waals surface area contributed by atoms with Crippen molar-refractivity contribution in [1.29, 1.82) is 0 Å². The van der Waals surface area contributed by atoms with E-state index < -0.39 is 8.07 Å². The van der Waals surface area contributed by atoms with Crippen molar-refractivity contribution < 1.29 is 0 Å². The lowest BCUT2D eigenvalue weighted by atomic mass is 9.83. The van der Waals surface area contributed by atoms with E-state index in [1.54, 1.807) is 0 Å². The van der Waals surface area contributed by atoms with Crippen molar-refractivity contribution in [3.63, 3.8) is 0 Å². The topological polar surface area (TPSA) is 0 Å². The second-order valence-electron chi connectivity index (χ2n) is 15.5. The molecular weight excluding hydrogens is 677 g/mol. The fourth-order valence-electron chi connectivity index (χ4n) is 10.9. The van der Waals surface area contributed by atoms with Crippen LogP contribution in [-0.2, 0) is 0 Å². The molecule has 0 saturated heterocycles. The molecule has 11 aromatic carbocycles. The molecule has 1 heteroatoms. The highest BCUT2D eigenvalue weighted by atomic mass is 28.3. The van der Waals surface area contributed by atoms with Gasteiger partial charge in [0.25, 0.3) is 0 Å². The average molecular weight is 709 g/mol. The molecule has 0 N–H and O–H groups in total. The van der Waals surface area contributed by atoms with E-state index in [0.717, 1.165) is 0 Å². The Bertz CT molecular complexity index is 3310. The number of fused-ring (bicyclic) bond motifs is 12. The highest BCUT2D eigenvalue weighted by Crippen LogP contribution is 2.48. The minimum Gasteiger partial charge on any atom is -0.0623 e. The molecule has 0 aliphatic carbocycles. The quantitative estimate of drug-likeness (QED) is 0.0953. The SMILES string of the molecule is c1ccc2c(c1)-c1ccccc1[Si]21c2ccccc2-c2ccc(-c3c4ccccc4c(-c4ccc5ccc6cccc7ccc4c5c67)c4ccccc34)cc21. The normalized spacial score (nSPS) is 13.6. The Labute approximate surface area is 319 Å². The third-order valence-corrected chi connectivity index (χ3v) is 18.0. The van der Waals surface area contributed by atoms with Gasteiger partial charge in [0.1, 0.15) is 0 Å². The predicted octanol–water partition coefficient (Wildman–Crippen LogP) is 11.6. The summed E-state index contributed by atoms with van der Waals surface area (Å²) in [6.07, 6.45) is 0. The summed E-state index contributed by atoms with van der Waals surface area (Å²) in [6.45, 7) is 0. The molecule has 55 heavy (non-hydrogen) atoms. The largest absolute Gasteiger partial charge is 0.182 e. The molecule has 1 spiro atoms. The van der Waals surface area contributed by atoms with Gasteiger partial charge >= 0.3 is 0 Å². The lowest BCUT2D eigenvalue weighted by molar-refractivity contribution is 1.67. The lowest BCUT2D eigenvalue weighted by Gasteiger charge is -2.28. The number of hydrogen-bond acceptors (Lipinski definition) is 0. The second-order valence-corrected chi connectivity index (χ2v) is 19.1. The van der Waals surface area contributed by atoms with E-state index in [9.17, 15) is 0 Å². The van der Waals surface area contributed by atoms with Crippen LogP contribution in [0.2, 0.25) is 0 Å². The van der Waals surface area contributed by atoms with Crippen LogP contribution in [0.4, 0.5) is 0 Å². The van der Waals surface area contributed by atoms with Crippen molar-refractivity contribution in [1.82, 2.24) is 0 Å². The average Bonchev–Trinajstić information content (AvgIpc) is 3.72. The zero-order valence-corrected chi connectivity index (χ0v) is 31.0. The standard InChI is InChI=1S/C54H32Si/c1-3-19-43-41(17-1)52(42-18-2-4-20-44(42)54(43)46-31-27-35-25-24-33-12-11-13-34-26-30-45(46)53(35)51(33)34)36-28-29-40-39-16-7-10-23-49(39)55(50(40)32-36)47-21-8-5-14-37(47)38-15-6-9-22-48(38)55/h1-32H. The molecule has 13 rings (SSSR count). The van der Waals surface area contributed by atoms with E-state index in [-0.39, 0.29) is 0 Å². The first-order valence-electron chi connectivity index (χ1n) is 19.4. The van der Waals surface area contributed by atoms with E-state index in [1.165, 1.54) is 119 Å².